The number of fused-ring (bicyclic) bond motifs is 2. The van der Waals surface area contributed by atoms with E-state index in [1.807, 2.05) is 18.3 Å². The summed E-state index contributed by atoms with van der Waals surface area (Å²) in [5, 5.41) is 11.7. The molecule has 3 nitrogen and oxygen atoms in total. The molecule has 4 rings (SSSR count). The van der Waals surface area contributed by atoms with Crippen LogP contribution >= 0.6 is 11.6 Å². The molecule has 2 aliphatic carbocycles. The molecular weight excluding hydrogens is 296 g/mol. The van der Waals surface area contributed by atoms with Crippen LogP contribution in [0.5, 0.6) is 0 Å². The molecule has 0 radical (unpaired) electrons. The number of anilines is 1. The van der Waals surface area contributed by atoms with Crippen LogP contribution in [0.3, 0.4) is 0 Å². The Labute approximate surface area is 135 Å². The zero-order valence-corrected chi connectivity index (χ0v) is 13.5. The molecule has 4 heteroatoms. The summed E-state index contributed by atoms with van der Waals surface area (Å²) < 4.78 is 0. The molecule has 1 heterocycles. The summed E-state index contributed by atoms with van der Waals surface area (Å²) in [7, 11) is 2.19. The second-order valence-electron chi connectivity index (χ2n) is 6.87. The first-order valence-corrected chi connectivity index (χ1v) is 8.45. The van der Waals surface area contributed by atoms with E-state index < -0.39 is 0 Å². The fourth-order valence-electron chi connectivity index (χ4n) is 4.48. The molecule has 0 bridgehead atoms. The Morgan fingerprint density at radius 1 is 1.14 bits per heavy atom. The monoisotopic (exact) mass is 316 g/mol. The summed E-state index contributed by atoms with van der Waals surface area (Å²) in [6, 6.07) is 8.58. The van der Waals surface area contributed by atoms with Crippen molar-refractivity contribution in [2.45, 2.75) is 37.8 Å². The quantitative estimate of drug-likeness (QED) is 0.913. The lowest BCUT2D eigenvalue weighted by Crippen LogP contribution is -2.30. The standard InChI is InChI=1S/C18H21ClN2O/c1-21(14-6-11-8-15(22)9-12(11)7-14)18-4-5-20-17-10-13(19)2-3-16(17)18/h2-5,10-12,14-15,22H,6-9H2,1H3/t11-,12+,14?,15?. The minimum atomic E-state index is -0.0647. The van der Waals surface area contributed by atoms with Gasteiger partial charge in [-0.05, 0) is 61.8 Å². The molecule has 0 spiro atoms. The lowest BCUT2D eigenvalue weighted by molar-refractivity contribution is 0.171. The van der Waals surface area contributed by atoms with Gasteiger partial charge in [0.1, 0.15) is 0 Å². The molecule has 0 amide bonds. The van der Waals surface area contributed by atoms with Gasteiger partial charge in [-0.15, -0.1) is 0 Å². The van der Waals surface area contributed by atoms with Gasteiger partial charge in [0.2, 0.25) is 0 Å². The van der Waals surface area contributed by atoms with Crippen molar-refractivity contribution in [3.05, 3.63) is 35.5 Å². The van der Waals surface area contributed by atoms with E-state index in [2.05, 4.69) is 29.1 Å². The van der Waals surface area contributed by atoms with Crippen molar-refractivity contribution in [2.24, 2.45) is 11.8 Å². The van der Waals surface area contributed by atoms with E-state index in [0.29, 0.717) is 17.9 Å². The van der Waals surface area contributed by atoms with Crippen LogP contribution in [0.2, 0.25) is 5.02 Å². The molecule has 1 N–H and O–H groups in total. The van der Waals surface area contributed by atoms with Gasteiger partial charge >= 0.3 is 0 Å². The molecule has 0 saturated heterocycles. The van der Waals surface area contributed by atoms with Crippen molar-refractivity contribution >= 4 is 28.2 Å². The zero-order chi connectivity index (χ0) is 15.3. The summed E-state index contributed by atoms with van der Waals surface area (Å²) in [6.07, 6.45) is 6.16. The SMILES string of the molecule is CN(c1ccnc2cc(Cl)ccc12)C1C[C@H]2CC(O)C[C@H]2C1. The van der Waals surface area contributed by atoms with Gasteiger partial charge in [-0.1, -0.05) is 11.6 Å². The van der Waals surface area contributed by atoms with Crippen molar-refractivity contribution in [3.63, 3.8) is 0 Å². The normalized spacial score (nSPS) is 30.7. The Balaban J connectivity index is 1.62. The van der Waals surface area contributed by atoms with Gasteiger partial charge in [0, 0.05) is 35.4 Å². The molecule has 2 aromatic rings. The van der Waals surface area contributed by atoms with Crippen LogP contribution < -0.4 is 4.90 Å². The second-order valence-corrected chi connectivity index (χ2v) is 7.31. The molecule has 0 aliphatic heterocycles. The largest absolute Gasteiger partial charge is 0.393 e. The third-order valence-electron chi connectivity index (χ3n) is 5.58. The number of halogens is 1. The van der Waals surface area contributed by atoms with E-state index in [-0.39, 0.29) is 6.10 Å². The zero-order valence-electron chi connectivity index (χ0n) is 12.7. The first kappa shape index (κ1) is 14.3. The molecule has 116 valence electrons. The highest BCUT2D eigenvalue weighted by Gasteiger charge is 2.42. The average molecular weight is 317 g/mol. The van der Waals surface area contributed by atoms with E-state index in [1.54, 1.807) is 0 Å². The fourth-order valence-corrected chi connectivity index (χ4v) is 4.65. The van der Waals surface area contributed by atoms with Gasteiger partial charge in [0.25, 0.3) is 0 Å². The molecule has 1 aromatic heterocycles. The summed E-state index contributed by atoms with van der Waals surface area (Å²) in [5.74, 6) is 1.40. The van der Waals surface area contributed by atoms with Gasteiger partial charge in [-0.2, -0.15) is 0 Å². The van der Waals surface area contributed by atoms with Gasteiger partial charge in [-0.3, -0.25) is 4.98 Å². The minimum Gasteiger partial charge on any atom is -0.393 e. The Morgan fingerprint density at radius 2 is 1.86 bits per heavy atom. The topological polar surface area (TPSA) is 36.4 Å². The van der Waals surface area contributed by atoms with Crippen LogP contribution in [0, 0.1) is 11.8 Å². The number of benzene rings is 1. The number of aliphatic hydroxyl groups excluding tert-OH is 1. The smallest absolute Gasteiger partial charge is 0.0737 e. The van der Waals surface area contributed by atoms with Gasteiger partial charge in [-0.25, -0.2) is 0 Å². The molecule has 2 fully saturated rings. The Kier molecular flexibility index (Phi) is 3.50. The summed E-state index contributed by atoms with van der Waals surface area (Å²) in [4.78, 5) is 6.84. The van der Waals surface area contributed by atoms with Gasteiger partial charge < -0.3 is 10.0 Å². The van der Waals surface area contributed by atoms with Crippen molar-refractivity contribution in [1.29, 1.82) is 0 Å². The predicted octanol–water partition coefficient (Wildman–Crippen LogP) is 3.87. The highest BCUT2D eigenvalue weighted by molar-refractivity contribution is 6.31. The number of rotatable bonds is 2. The first-order chi connectivity index (χ1) is 10.6. The van der Waals surface area contributed by atoms with E-state index in [9.17, 15) is 5.11 Å². The number of aromatic nitrogens is 1. The number of aliphatic hydroxyl groups is 1. The molecule has 2 aliphatic rings. The second kappa shape index (κ2) is 5.39. The molecule has 4 atom stereocenters. The third kappa shape index (κ3) is 2.37. The van der Waals surface area contributed by atoms with Crippen LogP contribution in [0.1, 0.15) is 25.7 Å². The van der Waals surface area contributed by atoms with E-state index in [4.69, 9.17) is 11.6 Å². The van der Waals surface area contributed by atoms with E-state index in [0.717, 1.165) is 28.8 Å². The Hall–Kier alpha value is -1.32. The van der Waals surface area contributed by atoms with Gasteiger partial charge in [0.15, 0.2) is 0 Å². The van der Waals surface area contributed by atoms with E-state index in [1.165, 1.54) is 18.5 Å². The Bertz CT molecular complexity index is 691. The number of hydrogen-bond donors (Lipinski definition) is 1. The van der Waals surface area contributed by atoms with E-state index >= 15 is 0 Å². The van der Waals surface area contributed by atoms with Crippen molar-refractivity contribution < 1.29 is 5.11 Å². The van der Waals surface area contributed by atoms with Crippen LogP contribution in [-0.2, 0) is 0 Å². The Morgan fingerprint density at radius 3 is 2.59 bits per heavy atom. The molecule has 1 aromatic carbocycles. The fraction of sp³-hybridized carbons (Fsp3) is 0.500. The van der Waals surface area contributed by atoms with Gasteiger partial charge in [0.05, 0.1) is 11.6 Å². The number of pyridine rings is 1. The van der Waals surface area contributed by atoms with Crippen LogP contribution in [0.25, 0.3) is 10.9 Å². The highest BCUT2D eigenvalue weighted by atomic mass is 35.5. The molecule has 2 saturated carbocycles. The molecule has 2 unspecified atom stereocenters. The highest BCUT2D eigenvalue weighted by Crippen LogP contribution is 2.46. The minimum absolute atomic E-state index is 0.0647. The van der Waals surface area contributed by atoms with Crippen LogP contribution in [0.4, 0.5) is 5.69 Å². The number of nitrogens with zero attached hydrogens (tertiary/aromatic N) is 2. The molecule has 22 heavy (non-hydrogen) atoms. The summed E-state index contributed by atoms with van der Waals surface area (Å²) >= 11 is 6.08. The summed E-state index contributed by atoms with van der Waals surface area (Å²) in [5.41, 5.74) is 2.18. The van der Waals surface area contributed by atoms with Crippen LogP contribution in [0.15, 0.2) is 30.5 Å². The number of hydrogen-bond acceptors (Lipinski definition) is 3. The van der Waals surface area contributed by atoms with Crippen molar-refractivity contribution in [3.8, 4) is 0 Å². The lowest BCUT2D eigenvalue weighted by Gasteiger charge is -2.28. The third-order valence-corrected chi connectivity index (χ3v) is 5.81. The molecular formula is C18H21ClN2O. The summed E-state index contributed by atoms with van der Waals surface area (Å²) in [6.45, 7) is 0. The maximum atomic E-state index is 9.81. The predicted molar refractivity (Wildman–Crippen MR) is 90.4 cm³/mol. The van der Waals surface area contributed by atoms with Crippen molar-refractivity contribution in [1.82, 2.24) is 4.98 Å². The maximum Gasteiger partial charge on any atom is 0.0737 e. The van der Waals surface area contributed by atoms with Crippen molar-refractivity contribution in [2.75, 3.05) is 11.9 Å². The average Bonchev–Trinajstić information content (AvgIpc) is 3.02. The van der Waals surface area contributed by atoms with Crippen LogP contribution in [-0.4, -0.2) is 29.3 Å². The lowest BCUT2D eigenvalue weighted by atomic mass is 10.0. The maximum absolute atomic E-state index is 9.81. The first-order valence-electron chi connectivity index (χ1n) is 8.07.